The van der Waals surface area contributed by atoms with Gasteiger partial charge in [-0.2, -0.15) is 0 Å². The second-order valence-electron chi connectivity index (χ2n) is 7.78. The van der Waals surface area contributed by atoms with Crippen molar-refractivity contribution in [2.75, 3.05) is 31.7 Å². The lowest BCUT2D eigenvalue weighted by molar-refractivity contribution is -0.150. The standard InChI is InChI=1S/C19H27NO5S/c1-26(24,25)12-16(17-11-14-7-9-20(17)10-8-14)19(13-21,18(22)23)15-5-3-2-4-6-15/h2-6,14,16-17,21H,7-13H2,1H3,(H,22,23)/t16-,17?,19+/m0/s1. The molecule has 4 rings (SSSR count). The third kappa shape index (κ3) is 3.52. The fourth-order valence-corrected chi connectivity index (χ4v) is 6.00. The number of carboxylic acids is 1. The first-order valence-corrected chi connectivity index (χ1v) is 11.2. The van der Waals surface area contributed by atoms with Gasteiger partial charge in [-0.1, -0.05) is 30.3 Å². The number of nitrogens with zero attached hydrogens (tertiary/aromatic N) is 1. The number of carboxylic acid groups (broad SMARTS) is 1. The van der Waals surface area contributed by atoms with Crippen LogP contribution in [0.1, 0.15) is 24.8 Å². The molecular weight excluding hydrogens is 354 g/mol. The van der Waals surface area contributed by atoms with Crippen LogP contribution in [-0.2, 0) is 20.0 Å². The van der Waals surface area contributed by atoms with Gasteiger partial charge in [-0.25, -0.2) is 8.42 Å². The molecule has 3 aliphatic heterocycles. The summed E-state index contributed by atoms with van der Waals surface area (Å²) in [5.74, 6) is -1.61. The fourth-order valence-electron chi connectivity index (χ4n) is 4.85. The molecule has 0 aromatic heterocycles. The average Bonchev–Trinajstić information content (AvgIpc) is 2.62. The molecule has 3 aliphatic rings. The summed E-state index contributed by atoms with van der Waals surface area (Å²) in [6.45, 7) is 1.11. The number of hydrogen-bond donors (Lipinski definition) is 2. The Kier molecular flexibility index (Phi) is 5.42. The van der Waals surface area contributed by atoms with Gasteiger partial charge in [0.2, 0.25) is 0 Å². The minimum absolute atomic E-state index is 0.152. The molecule has 1 aromatic rings. The lowest BCUT2D eigenvalue weighted by Crippen LogP contribution is -2.61. The molecule has 0 aliphatic carbocycles. The van der Waals surface area contributed by atoms with E-state index in [4.69, 9.17) is 0 Å². The van der Waals surface area contributed by atoms with E-state index in [0.717, 1.165) is 38.6 Å². The Morgan fingerprint density at radius 3 is 2.31 bits per heavy atom. The van der Waals surface area contributed by atoms with Crippen molar-refractivity contribution in [1.29, 1.82) is 0 Å². The number of rotatable bonds is 7. The smallest absolute Gasteiger partial charge is 0.316 e. The van der Waals surface area contributed by atoms with E-state index in [-0.39, 0.29) is 11.8 Å². The van der Waals surface area contributed by atoms with Crippen molar-refractivity contribution in [1.82, 2.24) is 4.90 Å². The molecular formula is C19H27NO5S. The lowest BCUT2D eigenvalue weighted by Gasteiger charge is -2.52. The summed E-state index contributed by atoms with van der Waals surface area (Å²) in [4.78, 5) is 14.7. The monoisotopic (exact) mass is 381 g/mol. The lowest BCUT2D eigenvalue weighted by atomic mass is 9.64. The first-order chi connectivity index (χ1) is 12.3. The molecule has 6 nitrogen and oxygen atoms in total. The van der Waals surface area contributed by atoms with Crippen LogP contribution in [0.15, 0.2) is 30.3 Å². The molecule has 1 aromatic carbocycles. The fraction of sp³-hybridized carbons (Fsp3) is 0.632. The Bertz CT molecular complexity index is 742. The summed E-state index contributed by atoms with van der Waals surface area (Å²) in [5.41, 5.74) is -1.17. The maximum atomic E-state index is 12.5. The van der Waals surface area contributed by atoms with Gasteiger partial charge < -0.3 is 10.2 Å². The van der Waals surface area contributed by atoms with E-state index in [2.05, 4.69) is 4.90 Å². The molecule has 2 N–H and O–H groups in total. The highest BCUT2D eigenvalue weighted by Crippen LogP contribution is 2.44. The predicted octanol–water partition coefficient (Wildman–Crippen LogP) is 1.15. The molecule has 0 radical (unpaired) electrons. The van der Waals surface area contributed by atoms with Crippen LogP contribution < -0.4 is 0 Å². The Hall–Kier alpha value is -1.44. The Morgan fingerprint density at radius 1 is 1.27 bits per heavy atom. The summed E-state index contributed by atoms with van der Waals surface area (Å²) < 4.78 is 24.4. The molecule has 3 saturated heterocycles. The van der Waals surface area contributed by atoms with Gasteiger partial charge in [0.1, 0.15) is 15.3 Å². The third-order valence-electron chi connectivity index (χ3n) is 6.19. The van der Waals surface area contributed by atoms with Crippen LogP contribution in [0.5, 0.6) is 0 Å². The molecule has 0 amide bonds. The Morgan fingerprint density at radius 2 is 1.88 bits per heavy atom. The number of aliphatic hydroxyl groups excluding tert-OH is 1. The third-order valence-corrected chi connectivity index (χ3v) is 7.16. The van der Waals surface area contributed by atoms with E-state index in [1.165, 1.54) is 0 Å². The van der Waals surface area contributed by atoms with Crippen molar-refractivity contribution in [3.8, 4) is 0 Å². The molecule has 3 heterocycles. The van der Waals surface area contributed by atoms with Gasteiger partial charge >= 0.3 is 5.97 Å². The number of sulfone groups is 1. The van der Waals surface area contributed by atoms with Crippen LogP contribution in [0.25, 0.3) is 0 Å². The Labute approximate surface area is 154 Å². The highest BCUT2D eigenvalue weighted by Gasteiger charge is 2.54. The van der Waals surface area contributed by atoms with E-state index in [0.29, 0.717) is 11.5 Å². The molecule has 1 unspecified atom stereocenters. The molecule has 0 saturated carbocycles. The maximum Gasteiger partial charge on any atom is 0.316 e. The van der Waals surface area contributed by atoms with Crippen molar-refractivity contribution in [2.45, 2.75) is 30.7 Å². The number of carbonyl (C=O) groups is 1. The van der Waals surface area contributed by atoms with Crippen molar-refractivity contribution < 1.29 is 23.4 Å². The molecule has 3 atom stereocenters. The Balaban J connectivity index is 2.12. The van der Waals surface area contributed by atoms with Crippen molar-refractivity contribution in [2.24, 2.45) is 11.8 Å². The second kappa shape index (κ2) is 7.29. The highest BCUT2D eigenvalue weighted by atomic mass is 32.2. The zero-order valence-corrected chi connectivity index (χ0v) is 15.9. The zero-order valence-electron chi connectivity index (χ0n) is 15.0. The van der Waals surface area contributed by atoms with Gasteiger partial charge in [-0.3, -0.25) is 9.69 Å². The number of hydrogen-bond acceptors (Lipinski definition) is 5. The molecule has 144 valence electrons. The normalized spacial score (nSPS) is 29.1. The van der Waals surface area contributed by atoms with Crippen LogP contribution in [0, 0.1) is 11.8 Å². The minimum atomic E-state index is -3.43. The quantitative estimate of drug-likeness (QED) is 0.736. The first-order valence-electron chi connectivity index (χ1n) is 9.09. The van der Waals surface area contributed by atoms with E-state index < -0.39 is 33.7 Å². The summed E-state index contributed by atoms with van der Waals surface area (Å²) in [7, 11) is -3.43. The van der Waals surface area contributed by atoms with Gasteiger partial charge in [-0.15, -0.1) is 0 Å². The number of aliphatic carboxylic acids is 1. The summed E-state index contributed by atoms with van der Waals surface area (Å²) in [6, 6.07) is 8.44. The molecule has 0 spiro atoms. The van der Waals surface area contributed by atoms with Crippen molar-refractivity contribution in [3.05, 3.63) is 35.9 Å². The summed E-state index contributed by atoms with van der Waals surface area (Å²) >= 11 is 0. The molecule has 2 bridgehead atoms. The number of piperidine rings is 3. The molecule has 3 fully saturated rings. The van der Waals surface area contributed by atoms with Crippen molar-refractivity contribution >= 4 is 15.8 Å². The van der Waals surface area contributed by atoms with Gasteiger partial charge in [0.15, 0.2) is 0 Å². The molecule has 26 heavy (non-hydrogen) atoms. The van der Waals surface area contributed by atoms with Crippen LogP contribution in [0.3, 0.4) is 0 Å². The zero-order chi connectivity index (χ0) is 18.9. The highest BCUT2D eigenvalue weighted by molar-refractivity contribution is 7.90. The predicted molar refractivity (Wildman–Crippen MR) is 98.7 cm³/mol. The first kappa shape index (κ1) is 19.3. The van der Waals surface area contributed by atoms with Crippen LogP contribution in [-0.4, -0.2) is 67.2 Å². The largest absolute Gasteiger partial charge is 0.481 e. The topological polar surface area (TPSA) is 94.9 Å². The molecule has 7 heteroatoms. The van der Waals surface area contributed by atoms with Crippen LogP contribution >= 0.6 is 0 Å². The van der Waals surface area contributed by atoms with Gasteiger partial charge in [0.05, 0.1) is 12.4 Å². The maximum absolute atomic E-state index is 12.5. The summed E-state index contributed by atoms with van der Waals surface area (Å²) in [6.07, 6.45) is 4.09. The second-order valence-corrected chi connectivity index (χ2v) is 9.97. The van der Waals surface area contributed by atoms with E-state index in [1.54, 1.807) is 30.3 Å². The number of aliphatic hydroxyl groups is 1. The minimum Gasteiger partial charge on any atom is -0.481 e. The van der Waals surface area contributed by atoms with E-state index >= 15 is 0 Å². The SMILES string of the molecule is CS(=O)(=O)C[C@@H](C1CC2CCN1CC2)[C@](CO)(C(=O)O)c1ccccc1. The summed E-state index contributed by atoms with van der Waals surface area (Å²) in [5, 5.41) is 20.4. The van der Waals surface area contributed by atoms with Gasteiger partial charge in [0.25, 0.3) is 0 Å². The number of fused-ring (bicyclic) bond motifs is 3. The number of benzene rings is 1. The van der Waals surface area contributed by atoms with Crippen molar-refractivity contribution in [3.63, 3.8) is 0 Å². The van der Waals surface area contributed by atoms with E-state index in [1.807, 2.05) is 0 Å². The van der Waals surface area contributed by atoms with Crippen LogP contribution in [0.2, 0.25) is 0 Å². The van der Waals surface area contributed by atoms with Crippen LogP contribution in [0.4, 0.5) is 0 Å². The van der Waals surface area contributed by atoms with Gasteiger partial charge in [0, 0.05) is 18.2 Å². The van der Waals surface area contributed by atoms with E-state index in [9.17, 15) is 23.4 Å². The average molecular weight is 381 g/mol. The van der Waals surface area contributed by atoms with Gasteiger partial charge in [-0.05, 0) is 43.8 Å².